The third kappa shape index (κ3) is 4.08. The summed E-state index contributed by atoms with van der Waals surface area (Å²) in [7, 11) is 0. The molecular weight excluding hydrogens is 235 g/mol. The number of hydrogen-bond acceptors (Lipinski definition) is 2. The van der Waals surface area contributed by atoms with E-state index >= 15 is 0 Å². The minimum Gasteiger partial charge on any atom is -0.330 e. The molecule has 15 heavy (non-hydrogen) atoms. The van der Waals surface area contributed by atoms with Crippen molar-refractivity contribution in [2.24, 2.45) is 5.73 Å². The minimum atomic E-state index is -0.0929. The third-order valence-electron chi connectivity index (χ3n) is 1.81. The van der Waals surface area contributed by atoms with Gasteiger partial charge >= 0.3 is 0 Å². The molecule has 0 fully saturated rings. The smallest absolute Gasteiger partial charge is 0.224 e. The van der Waals surface area contributed by atoms with E-state index in [9.17, 15) is 4.79 Å². The van der Waals surface area contributed by atoms with Gasteiger partial charge in [0.05, 0.1) is 10.7 Å². The molecule has 5 heteroatoms. The van der Waals surface area contributed by atoms with Crippen LogP contribution in [0.4, 0.5) is 5.69 Å². The maximum Gasteiger partial charge on any atom is 0.224 e. The molecule has 0 radical (unpaired) electrons. The highest BCUT2D eigenvalue weighted by Gasteiger charge is 2.05. The first kappa shape index (κ1) is 12.3. The van der Waals surface area contributed by atoms with Gasteiger partial charge in [0, 0.05) is 11.4 Å². The highest BCUT2D eigenvalue weighted by atomic mass is 35.5. The standard InChI is InChI=1S/C10H12Cl2N2O/c11-7-3-4-9(8(12)6-7)14-10(15)2-1-5-13/h3-4,6H,1-2,5,13H2,(H,14,15). The van der Waals surface area contributed by atoms with E-state index in [2.05, 4.69) is 5.32 Å². The Labute approximate surface area is 98.5 Å². The van der Waals surface area contributed by atoms with Crippen LogP contribution >= 0.6 is 23.2 Å². The zero-order valence-corrected chi connectivity index (χ0v) is 9.61. The van der Waals surface area contributed by atoms with Crippen LogP contribution < -0.4 is 11.1 Å². The van der Waals surface area contributed by atoms with Gasteiger partial charge in [-0.3, -0.25) is 4.79 Å². The molecule has 1 aromatic carbocycles. The molecule has 1 aromatic rings. The Morgan fingerprint density at radius 1 is 1.40 bits per heavy atom. The van der Waals surface area contributed by atoms with Crippen LogP contribution in [0, 0.1) is 0 Å². The molecule has 1 rings (SSSR count). The van der Waals surface area contributed by atoms with Gasteiger partial charge in [-0.2, -0.15) is 0 Å². The van der Waals surface area contributed by atoms with Crippen molar-refractivity contribution >= 4 is 34.8 Å². The molecule has 0 aliphatic rings. The lowest BCUT2D eigenvalue weighted by atomic mass is 10.2. The van der Waals surface area contributed by atoms with E-state index < -0.39 is 0 Å². The predicted molar refractivity (Wildman–Crippen MR) is 63.4 cm³/mol. The van der Waals surface area contributed by atoms with Gasteiger partial charge < -0.3 is 11.1 Å². The van der Waals surface area contributed by atoms with Crippen molar-refractivity contribution in [3.05, 3.63) is 28.2 Å². The molecule has 0 atom stereocenters. The Bertz CT molecular complexity index is 355. The summed E-state index contributed by atoms with van der Waals surface area (Å²) in [6.07, 6.45) is 1.06. The number of anilines is 1. The first-order chi connectivity index (χ1) is 7.13. The first-order valence-corrected chi connectivity index (χ1v) is 5.34. The molecule has 3 N–H and O–H groups in total. The quantitative estimate of drug-likeness (QED) is 0.859. The number of hydrogen-bond donors (Lipinski definition) is 2. The number of halogens is 2. The summed E-state index contributed by atoms with van der Waals surface area (Å²) in [6, 6.07) is 4.93. The van der Waals surface area contributed by atoms with Crippen LogP contribution in [0.25, 0.3) is 0 Å². The fraction of sp³-hybridized carbons (Fsp3) is 0.300. The lowest BCUT2D eigenvalue weighted by Gasteiger charge is -2.06. The van der Waals surface area contributed by atoms with Crippen LogP contribution in [0.2, 0.25) is 10.0 Å². The van der Waals surface area contributed by atoms with Gasteiger partial charge in [0.25, 0.3) is 0 Å². The Hall–Kier alpha value is -0.770. The first-order valence-electron chi connectivity index (χ1n) is 4.58. The average Bonchev–Trinajstić information content (AvgIpc) is 2.19. The second-order valence-electron chi connectivity index (χ2n) is 3.06. The van der Waals surface area contributed by atoms with Gasteiger partial charge in [-0.05, 0) is 31.2 Å². The zero-order valence-electron chi connectivity index (χ0n) is 8.09. The number of carbonyl (C=O) groups excluding carboxylic acids is 1. The summed E-state index contributed by atoms with van der Waals surface area (Å²) in [5.74, 6) is -0.0929. The molecule has 0 aliphatic heterocycles. The topological polar surface area (TPSA) is 55.1 Å². The third-order valence-corrected chi connectivity index (χ3v) is 2.36. The van der Waals surface area contributed by atoms with Gasteiger partial charge in [-0.25, -0.2) is 0 Å². The lowest BCUT2D eigenvalue weighted by molar-refractivity contribution is -0.116. The van der Waals surface area contributed by atoms with E-state index in [0.717, 1.165) is 0 Å². The highest BCUT2D eigenvalue weighted by Crippen LogP contribution is 2.25. The fourth-order valence-electron chi connectivity index (χ4n) is 1.07. The summed E-state index contributed by atoms with van der Waals surface area (Å²) in [5.41, 5.74) is 5.87. The molecule has 0 bridgehead atoms. The predicted octanol–water partition coefficient (Wildman–Crippen LogP) is 2.67. The summed E-state index contributed by atoms with van der Waals surface area (Å²) in [5, 5.41) is 3.66. The van der Waals surface area contributed by atoms with Crippen molar-refractivity contribution in [1.29, 1.82) is 0 Å². The molecule has 3 nitrogen and oxygen atoms in total. The second-order valence-corrected chi connectivity index (χ2v) is 3.91. The Balaban J connectivity index is 2.60. The largest absolute Gasteiger partial charge is 0.330 e. The van der Waals surface area contributed by atoms with E-state index in [0.29, 0.717) is 35.1 Å². The molecule has 82 valence electrons. The molecule has 0 aliphatic carbocycles. The second kappa shape index (κ2) is 5.95. The van der Waals surface area contributed by atoms with Crippen LogP contribution in [0.1, 0.15) is 12.8 Å². The zero-order chi connectivity index (χ0) is 11.3. The Morgan fingerprint density at radius 3 is 2.73 bits per heavy atom. The van der Waals surface area contributed by atoms with E-state index in [4.69, 9.17) is 28.9 Å². The fourth-order valence-corrected chi connectivity index (χ4v) is 1.52. The van der Waals surface area contributed by atoms with E-state index in [1.807, 2.05) is 0 Å². The van der Waals surface area contributed by atoms with Gasteiger partial charge in [-0.1, -0.05) is 23.2 Å². The van der Waals surface area contributed by atoms with E-state index in [1.54, 1.807) is 18.2 Å². The van der Waals surface area contributed by atoms with Gasteiger partial charge in [0.2, 0.25) is 5.91 Å². The summed E-state index contributed by atoms with van der Waals surface area (Å²) in [6.45, 7) is 0.502. The van der Waals surface area contributed by atoms with Crippen molar-refractivity contribution in [2.45, 2.75) is 12.8 Å². The number of carbonyl (C=O) groups is 1. The SMILES string of the molecule is NCCCC(=O)Nc1ccc(Cl)cc1Cl. The summed E-state index contributed by atoms with van der Waals surface area (Å²) < 4.78 is 0. The van der Waals surface area contributed by atoms with Crippen LogP contribution in [0.3, 0.4) is 0 Å². The molecule has 0 saturated carbocycles. The number of amides is 1. The Kier molecular flexibility index (Phi) is 4.88. The van der Waals surface area contributed by atoms with Crippen LogP contribution in [-0.4, -0.2) is 12.5 Å². The van der Waals surface area contributed by atoms with Gasteiger partial charge in [-0.15, -0.1) is 0 Å². The monoisotopic (exact) mass is 246 g/mol. The summed E-state index contributed by atoms with van der Waals surface area (Å²) >= 11 is 11.6. The molecule has 0 aromatic heterocycles. The average molecular weight is 247 g/mol. The van der Waals surface area contributed by atoms with Crippen LogP contribution in [-0.2, 0) is 4.79 Å². The van der Waals surface area contributed by atoms with Gasteiger partial charge in [0.15, 0.2) is 0 Å². The van der Waals surface area contributed by atoms with Crippen LogP contribution in [0.15, 0.2) is 18.2 Å². The van der Waals surface area contributed by atoms with E-state index in [1.165, 1.54) is 0 Å². The molecule has 0 spiro atoms. The molecule has 0 saturated heterocycles. The highest BCUT2D eigenvalue weighted by molar-refractivity contribution is 6.36. The number of nitrogens with two attached hydrogens (primary N) is 1. The van der Waals surface area contributed by atoms with Crippen molar-refractivity contribution in [1.82, 2.24) is 0 Å². The van der Waals surface area contributed by atoms with Crippen molar-refractivity contribution in [3.8, 4) is 0 Å². The molecule has 0 unspecified atom stereocenters. The number of nitrogens with one attached hydrogen (secondary N) is 1. The maximum atomic E-state index is 11.4. The van der Waals surface area contributed by atoms with Crippen molar-refractivity contribution in [3.63, 3.8) is 0 Å². The molecular formula is C10H12Cl2N2O. The normalized spacial score (nSPS) is 10.1. The van der Waals surface area contributed by atoms with Gasteiger partial charge in [0.1, 0.15) is 0 Å². The summed E-state index contributed by atoms with van der Waals surface area (Å²) in [4.78, 5) is 11.4. The number of benzene rings is 1. The van der Waals surface area contributed by atoms with E-state index in [-0.39, 0.29) is 5.91 Å². The minimum absolute atomic E-state index is 0.0929. The van der Waals surface area contributed by atoms with Crippen molar-refractivity contribution < 1.29 is 4.79 Å². The maximum absolute atomic E-state index is 11.4. The van der Waals surface area contributed by atoms with Crippen LogP contribution in [0.5, 0.6) is 0 Å². The number of rotatable bonds is 4. The lowest BCUT2D eigenvalue weighted by Crippen LogP contribution is -2.13. The molecule has 0 heterocycles. The van der Waals surface area contributed by atoms with Crippen molar-refractivity contribution in [2.75, 3.05) is 11.9 Å². The molecule has 1 amide bonds. The Morgan fingerprint density at radius 2 is 2.13 bits per heavy atom.